The first kappa shape index (κ1) is 16.5. The fourth-order valence-electron chi connectivity index (χ4n) is 1.46. The van der Waals surface area contributed by atoms with Gasteiger partial charge in [0.2, 0.25) is 0 Å². The highest BCUT2D eigenvalue weighted by atomic mass is 35.5. The summed E-state index contributed by atoms with van der Waals surface area (Å²) in [4.78, 5) is 20.8. The van der Waals surface area contributed by atoms with Crippen molar-refractivity contribution < 1.29 is 19.6 Å². The number of nitro groups is 1. The molecule has 0 aliphatic heterocycles. The zero-order chi connectivity index (χ0) is 15.3. The number of carboxylic acids is 1. The van der Waals surface area contributed by atoms with Gasteiger partial charge in [-0.15, -0.1) is 0 Å². The first-order chi connectivity index (χ1) is 9.36. The number of benzene rings is 1. The number of likely N-dealkylation sites (N-methyl/N-ethyl adjacent to an activating group) is 1. The minimum absolute atomic E-state index is 0.000493. The Hall–Kier alpha value is -1.57. The van der Waals surface area contributed by atoms with Gasteiger partial charge in [0.25, 0.3) is 5.69 Å². The molecule has 0 aliphatic rings. The molecule has 0 aromatic heterocycles. The van der Waals surface area contributed by atoms with Crippen LogP contribution in [-0.4, -0.2) is 35.7 Å². The number of carboxylic acid groups (broad SMARTS) is 1. The van der Waals surface area contributed by atoms with Gasteiger partial charge in [0, 0.05) is 18.6 Å². The summed E-state index contributed by atoms with van der Waals surface area (Å²) in [5, 5.41) is 22.0. The minimum atomic E-state index is -1.00. The molecule has 0 amide bonds. The topological polar surface area (TPSA) is 102 Å². The summed E-state index contributed by atoms with van der Waals surface area (Å²) >= 11 is 11.7. The van der Waals surface area contributed by atoms with E-state index in [1.54, 1.807) is 0 Å². The second-order valence-electron chi connectivity index (χ2n) is 3.81. The molecule has 20 heavy (non-hydrogen) atoms. The first-order valence-corrected chi connectivity index (χ1v) is 6.28. The number of hydrogen-bond acceptors (Lipinski definition) is 5. The zero-order valence-corrected chi connectivity index (χ0v) is 11.9. The van der Waals surface area contributed by atoms with E-state index in [0.29, 0.717) is 0 Å². The lowest BCUT2D eigenvalue weighted by Crippen LogP contribution is -2.35. The van der Waals surface area contributed by atoms with Gasteiger partial charge < -0.3 is 15.2 Å². The number of halogens is 2. The predicted molar refractivity (Wildman–Crippen MR) is 73.7 cm³/mol. The van der Waals surface area contributed by atoms with Gasteiger partial charge >= 0.3 is 5.97 Å². The van der Waals surface area contributed by atoms with Crippen LogP contribution in [0.2, 0.25) is 10.0 Å². The molecule has 9 heteroatoms. The van der Waals surface area contributed by atoms with Gasteiger partial charge in [-0.05, 0) is 7.05 Å². The number of non-ortho nitro benzene ring substituents is 1. The molecule has 1 aromatic carbocycles. The molecule has 1 atom stereocenters. The lowest BCUT2D eigenvalue weighted by atomic mass is 10.2. The summed E-state index contributed by atoms with van der Waals surface area (Å²) in [7, 11) is 1.52. The normalized spacial score (nSPS) is 11.9. The molecule has 110 valence electrons. The molecule has 0 aliphatic carbocycles. The molecular weight excluding hydrogens is 311 g/mol. The third-order valence-corrected chi connectivity index (χ3v) is 3.05. The van der Waals surface area contributed by atoms with Gasteiger partial charge in [0.05, 0.1) is 21.6 Å². The quantitative estimate of drug-likeness (QED) is 0.590. The van der Waals surface area contributed by atoms with Crippen LogP contribution in [0.25, 0.3) is 0 Å². The van der Waals surface area contributed by atoms with E-state index in [2.05, 4.69) is 5.32 Å². The zero-order valence-electron chi connectivity index (χ0n) is 10.4. The van der Waals surface area contributed by atoms with Crippen molar-refractivity contribution >= 4 is 34.9 Å². The molecule has 2 N–H and O–H groups in total. The Morgan fingerprint density at radius 2 is 2.05 bits per heavy atom. The molecule has 0 fully saturated rings. The Balaban J connectivity index is 2.74. The van der Waals surface area contributed by atoms with Crippen molar-refractivity contribution in [2.75, 3.05) is 13.7 Å². The molecule has 0 heterocycles. The monoisotopic (exact) mass is 322 g/mol. The Bertz CT molecular complexity index is 501. The fraction of sp³-hybridized carbons (Fsp3) is 0.364. The van der Waals surface area contributed by atoms with Crippen molar-refractivity contribution in [1.82, 2.24) is 5.32 Å². The largest absolute Gasteiger partial charge is 0.490 e. The maximum absolute atomic E-state index is 10.8. The fourth-order valence-corrected chi connectivity index (χ4v) is 2.04. The Labute approximate surface area is 124 Å². The van der Waals surface area contributed by atoms with Crippen LogP contribution in [0.3, 0.4) is 0 Å². The van der Waals surface area contributed by atoms with Crippen LogP contribution in [0.4, 0.5) is 5.69 Å². The standard InChI is InChI=1S/C11H12Cl2N2O5/c1-14-9(11(16)17)2-3-20-10-7(12)4-6(15(18)19)5-8(10)13/h4-5,9,14H,2-3H2,1H3,(H,16,17). The summed E-state index contributed by atoms with van der Waals surface area (Å²) in [5.41, 5.74) is -0.244. The van der Waals surface area contributed by atoms with Crippen molar-refractivity contribution in [2.24, 2.45) is 0 Å². The van der Waals surface area contributed by atoms with Crippen LogP contribution < -0.4 is 10.1 Å². The minimum Gasteiger partial charge on any atom is -0.490 e. The highest BCUT2D eigenvalue weighted by Crippen LogP contribution is 2.36. The molecule has 0 saturated carbocycles. The Morgan fingerprint density at radius 3 is 2.45 bits per heavy atom. The third kappa shape index (κ3) is 4.22. The predicted octanol–water partition coefficient (Wildman–Crippen LogP) is 2.34. The van der Waals surface area contributed by atoms with E-state index in [0.717, 1.165) is 12.1 Å². The van der Waals surface area contributed by atoms with Crippen molar-refractivity contribution in [3.8, 4) is 5.75 Å². The summed E-state index contributed by atoms with van der Waals surface area (Å²) in [5.74, 6) is -0.906. The summed E-state index contributed by atoms with van der Waals surface area (Å²) < 4.78 is 5.29. The van der Waals surface area contributed by atoms with Crippen molar-refractivity contribution in [3.05, 3.63) is 32.3 Å². The molecule has 0 saturated heterocycles. The number of carbonyl (C=O) groups is 1. The summed E-state index contributed by atoms with van der Waals surface area (Å²) in [6.45, 7) is 0.0507. The van der Waals surface area contributed by atoms with Crippen LogP contribution in [0.5, 0.6) is 5.75 Å². The van der Waals surface area contributed by atoms with E-state index >= 15 is 0 Å². The summed E-state index contributed by atoms with van der Waals surface area (Å²) in [6, 6.07) is 1.48. The Morgan fingerprint density at radius 1 is 1.50 bits per heavy atom. The van der Waals surface area contributed by atoms with Crippen LogP contribution in [-0.2, 0) is 4.79 Å². The van der Waals surface area contributed by atoms with Crippen LogP contribution in [0.15, 0.2) is 12.1 Å². The van der Waals surface area contributed by atoms with Gasteiger partial charge in [-0.1, -0.05) is 23.2 Å². The van der Waals surface area contributed by atoms with E-state index < -0.39 is 16.9 Å². The van der Waals surface area contributed by atoms with E-state index in [1.807, 2.05) is 0 Å². The molecular formula is C11H12Cl2N2O5. The molecule has 7 nitrogen and oxygen atoms in total. The molecule has 1 aromatic rings. The van der Waals surface area contributed by atoms with Crippen molar-refractivity contribution in [1.29, 1.82) is 0 Å². The van der Waals surface area contributed by atoms with Gasteiger partial charge in [-0.25, -0.2) is 0 Å². The van der Waals surface area contributed by atoms with E-state index in [1.165, 1.54) is 7.05 Å². The van der Waals surface area contributed by atoms with E-state index in [4.69, 9.17) is 33.0 Å². The van der Waals surface area contributed by atoms with Crippen molar-refractivity contribution in [2.45, 2.75) is 12.5 Å². The van der Waals surface area contributed by atoms with Crippen molar-refractivity contribution in [3.63, 3.8) is 0 Å². The first-order valence-electron chi connectivity index (χ1n) is 5.53. The molecule has 1 rings (SSSR count). The number of ether oxygens (including phenoxy) is 1. The number of aliphatic carboxylic acids is 1. The number of rotatable bonds is 7. The van der Waals surface area contributed by atoms with E-state index in [9.17, 15) is 14.9 Å². The van der Waals surface area contributed by atoms with Gasteiger partial charge in [-0.3, -0.25) is 14.9 Å². The second-order valence-corrected chi connectivity index (χ2v) is 4.63. The average Bonchev–Trinajstić information content (AvgIpc) is 2.36. The molecule has 1 unspecified atom stereocenters. The number of nitro benzene ring substituents is 1. The number of nitrogens with zero attached hydrogens (tertiary/aromatic N) is 1. The average molecular weight is 323 g/mol. The Kier molecular flexibility index (Phi) is 6.00. The van der Waals surface area contributed by atoms with Crippen LogP contribution in [0, 0.1) is 10.1 Å². The smallest absolute Gasteiger partial charge is 0.320 e. The van der Waals surface area contributed by atoms with Gasteiger partial charge in [-0.2, -0.15) is 0 Å². The highest BCUT2D eigenvalue weighted by Gasteiger charge is 2.18. The third-order valence-electron chi connectivity index (χ3n) is 2.49. The maximum Gasteiger partial charge on any atom is 0.320 e. The number of nitrogens with one attached hydrogen (secondary N) is 1. The van der Waals surface area contributed by atoms with Crippen LogP contribution >= 0.6 is 23.2 Å². The van der Waals surface area contributed by atoms with Gasteiger partial charge in [0.1, 0.15) is 6.04 Å². The summed E-state index contributed by atoms with van der Waals surface area (Å²) in [6.07, 6.45) is 0.190. The van der Waals surface area contributed by atoms with Crippen LogP contribution in [0.1, 0.15) is 6.42 Å². The SMILES string of the molecule is CNC(CCOc1c(Cl)cc([N+](=O)[O-])cc1Cl)C(=O)O. The van der Waals surface area contributed by atoms with Gasteiger partial charge in [0.15, 0.2) is 5.75 Å². The molecule has 0 spiro atoms. The maximum atomic E-state index is 10.8. The number of hydrogen-bond donors (Lipinski definition) is 2. The molecule has 0 radical (unpaired) electrons. The lowest BCUT2D eigenvalue weighted by molar-refractivity contribution is -0.384. The van der Waals surface area contributed by atoms with E-state index in [-0.39, 0.29) is 34.5 Å². The second kappa shape index (κ2) is 7.28. The lowest BCUT2D eigenvalue weighted by Gasteiger charge is -2.13. The highest BCUT2D eigenvalue weighted by molar-refractivity contribution is 6.37. The molecule has 0 bridgehead atoms.